The molecule has 0 heterocycles. The third kappa shape index (κ3) is 3.56. The third-order valence-corrected chi connectivity index (χ3v) is 0.746. The van der Waals surface area contributed by atoms with E-state index in [1.165, 1.54) is 7.11 Å². The minimum atomic E-state index is -0.624. The van der Waals surface area contributed by atoms with Crippen LogP contribution in [0.3, 0.4) is 0 Å². The summed E-state index contributed by atoms with van der Waals surface area (Å²) in [4.78, 5) is 10.2. The summed E-state index contributed by atoms with van der Waals surface area (Å²) in [5.41, 5.74) is 0. The number of nitriles is 1. The molecule has 0 bridgehead atoms. The van der Waals surface area contributed by atoms with Crippen molar-refractivity contribution in [3.05, 3.63) is 11.1 Å². The van der Waals surface area contributed by atoms with Crippen molar-refractivity contribution in [3.63, 3.8) is 0 Å². The number of halogens is 1. The highest BCUT2D eigenvalue weighted by Crippen LogP contribution is 1.97. The van der Waals surface area contributed by atoms with Gasteiger partial charge in [0.05, 0.1) is 13.2 Å². The van der Waals surface area contributed by atoms with Crippen molar-refractivity contribution in [1.29, 1.82) is 5.26 Å². The Morgan fingerprint density at radius 2 is 2.44 bits per heavy atom. The largest absolute Gasteiger partial charge is 0.466 e. The van der Waals surface area contributed by atoms with Crippen molar-refractivity contribution < 1.29 is 9.53 Å². The zero-order valence-corrected chi connectivity index (χ0v) is 5.47. The number of esters is 1. The summed E-state index contributed by atoms with van der Waals surface area (Å²) in [5.74, 6) is -0.624. The van der Waals surface area contributed by atoms with Crippen LogP contribution in [0.1, 0.15) is 0 Å². The molecule has 0 fully saturated rings. The first-order chi connectivity index (χ1) is 4.20. The van der Waals surface area contributed by atoms with Gasteiger partial charge in [-0.25, -0.2) is 4.79 Å². The highest BCUT2D eigenvalue weighted by Gasteiger charge is 1.94. The standard InChI is InChI=1S/C5H4ClNO2/c1-9-5(8)2-4(6)3-7/h2H,1H3. The predicted molar refractivity (Wildman–Crippen MR) is 31.6 cm³/mol. The van der Waals surface area contributed by atoms with Gasteiger partial charge in [-0.1, -0.05) is 11.6 Å². The van der Waals surface area contributed by atoms with Crippen molar-refractivity contribution in [3.8, 4) is 6.07 Å². The molecule has 0 N–H and O–H groups in total. The van der Waals surface area contributed by atoms with E-state index in [4.69, 9.17) is 16.9 Å². The molecule has 0 saturated carbocycles. The van der Waals surface area contributed by atoms with Crippen LogP contribution in [-0.2, 0) is 9.53 Å². The fourth-order valence-corrected chi connectivity index (χ4v) is 0.284. The van der Waals surface area contributed by atoms with Gasteiger partial charge in [0.1, 0.15) is 11.1 Å². The molecule has 0 saturated heterocycles. The number of ether oxygens (including phenoxy) is 1. The van der Waals surface area contributed by atoms with Gasteiger partial charge in [0.15, 0.2) is 0 Å². The molecule has 0 aliphatic carbocycles. The van der Waals surface area contributed by atoms with Crippen molar-refractivity contribution in [2.75, 3.05) is 7.11 Å². The molecule has 0 aliphatic rings. The van der Waals surface area contributed by atoms with E-state index in [0.29, 0.717) is 0 Å². The zero-order chi connectivity index (χ0) is 7.28. The number of hydrogen-bond donors (Lipinski definition) is 0. The lowest BCUT2D eigenvalue weighted by atomic mass is 10.5. The smallest absolute Gasteiger partial charge is 0.332 e. The summed E-state index contributed by atoms with van der Waals surface area (Å²) in [5, 5.41) is 7.84. The fraction of sp³-hybridized carbons (Fsp3) is 0.200. The summed E-state index contributed by atoms with van der Waals surface area (Å²) in [7, 11) is 1.21. The number of rotatable bonds is 1. The Kier molecular flexibility index (Phi) is 3.49. The van der Waals surface area contributed by atoms with Gasteiger partial charge in [0, 0.05) is 0 Å². The van der Waals surface area contributed by atoms with Gasteiger partial charge in [0.2, 0.25) is 0 Å². The maximum absolute atomic E-state index is 10.2. The highest BCUT2D eigenvalue weighted by molar-refractivity contribution is 6.33. The average Bonchev–Trinajstić information content (AvgIpc) is 1.87. The molecule has 0 unspecified atom stereocenters. The molecule has 4 heteroatoms. The lowest BCUT2D eigenvalue weighted by Gasteiger charge is -1.86. The minimum Gasteiger partial charge on any atom is -0.466 e. The Balaban J connectivity index is 4.00. The van der Waals surface area contributed by atoms with Gasteiger partial charge in [0.25, 0.3) is 0 Å². The molecule has 0 atom stereocenters. The lowest BCUT2D eigenvalue weighted by Crippen LogP contribution is -1.94. The first-order valence-electron chi connectivity index (χ1n) is 2.06. The van der Waals surface area contributed by atoms with E-state index < -0.39 is 5.97 Å². The number of allylic oxidation sites excluding steroid dienone is 1. The number of carbonyl (C=O) groups is 1. The molecular weight excluding hydrogens is 142 g/mol. The molecule has 0 aromatic rings. The molecule has 0 radical (unpaired) electrons. The van der Waals surface area contributed by atoms with Crippen LogP contribution in [0.25, 0.3) is 0 Å². The maximum atomic E-state index is 10.2. The molecule has 0 aliphatic heterocycles. The highest BCUT2D eigenvalue weighted by atomic mass is 35.5. The number of hydrogen-bond acceptors (Lipinski definition) is 3. The van der Waals surface area contributed by atoms with Crippen molar-refractivity contribution in [1.82, 2.24) is 0 Å². The summed E-state index contributed by atoms with van der Waals surface area (Å²) < 4.78 is 4.17. The van der Waals surface area contributed by atoms with Crippen molar-refractivity contribution in [2.45, 2.75) is 0 Å². The molecule has 0 rings (SSSR count). The van der Waals surface area contributed by atoms with Crippen LogP contribution in [0.2, 0.25) is 0 Å². The van der Waals surface area contributed by atoms with Crippen LogP contribution in [-0.4, -0.2) is 13.1 Å². The van der Waals surface area contributed by atoms with E-state index in [-0.39, 0.29) is 5.03 Å². The molecular formula is C5H4ClNO2. The monoisotopic (exact) mass is 145 g/mol. The first-order valence-corrected chi connectivity index (χ1v) is 2.43. The predicted octanol–water partition coefficient (Wildman–Crippen LogP) is 0.806. The van der Waals surface area contributed by atoms with E-state index in [1.807, 2.05) is 0 Å². The van der Waals surface area contributed by atoms with E-state index in [0.717, 1.165) is 6.08 Å². The second kappa shape index (κ2) is 3.93. The van der Waals surface area contributed by atoms with Crippen LogP contribution in [0.15, 0.2) is 11.1 Å². The quantitative estimate of drug-likeness (QED) is 0.312. The molecule has 9 heavy (non-hydrogen) atoms. The van der Waals surface area contributed by atoms with E-state index >= 15 is 0 Å². The van der Waals surface area contributed by atoms with Crippen LogP contribution in [0, 0.1) is 11.3 Å². The second-order valence-electron chi connectivity index (χ2n) is 1.13. The number of methoxy groups -OCH3 is 1. The number of nitrogens with zero attached hydrogens (tertiary/aromatic N) is 1. The Labute approximate surface area is 57.5 Å². The van der Waals surface area contributed by atoms with Gasteiger partial charge >= 0.3 is 5.97 Å². The topological polar surface area (TPSA) is 50.1 Å². The van der Waals surface area contributed by atoms with Crippen LogP contribution >= 0.6 is 11.6 Å². The zero-order valence-electron chi connectivity index (χ0n) is 4.72. The van der Waals surface area contributed by atoms with Crippen LogP contribution < -0.4 is 0 Å². The van der Waals surface area contributed by atoms with Gasteiger partial charge in [-0.15, -0.1) is 0 Å². The Morgan fingerprint density at radius 1 is 1.89 bits per heavy atom. The summed E-state index contributed by atoms with van der Waals surface area (Å²) >= 11 is 5.14. The van der Waals surface area contributed by atoms with Gasteiger partial charge < -0.3 is 4.74 Å². The molecule has 0 aromatic heterocycles. The first kappa shape index (κ1) is 7.99. The molecule has 48 valence electrons. The average molecular weight is 146 g/mol. The van der Waals surface area contributed by atoms with Gasteiger partial charge in [-0.05, 0) is 0 Å². The second-order valence-corrected chi connectivity index (χ2v) is 1.53. The summed E-state index contributed by atoms with van der Waals surface area (Å²) in [6.07, 6.45) is 0.904. The third-order valence-electron chi connectivity index (χ3n) is 0.553. The molecule has 3 nitrogen and oxygen atoms in total. The maximum Gasteiger partial charge on any atom is 0.332 e. The molecule has 0 amide bonds. The molecule has 0 aromatic carbocycles. The molecule has 0 spiro atoms. The Hall–Kier alpha value is -1.01. The fourth-order valence-electron chi connectivity index (χ4n) is 0.195. The van der Waals surface area contributed by atoms with Crippen molar-refractivity contribution in [2.24, 2.45) is 0 Å². The Morgan fingerprint density at radius 3 is 2.78 bits per heavy atom. The Bertz CT molecular complexity index is 180. The van der Waals surface area contributed by atoms with E-state index in [2.05, 4.69) is 4.74 Å². The van der Waals surface area contributed by atoms with E-state index in [9.17, 15) is 4.79 Å². The SMILES string of the molecule is COC(=O)C=C(Cl)C#N. The van der Waals surface area contributed by atoms with E-state index in [1.54, 1.807) is 6.07 Å². The lowest BCUT2D eigenvalue weighted by molar-refractivity contribution is -0.134. The van der Waals surface area contributed by atoms with Crippen LogP contribution in [0.5, 0.6) is 0 Å². The van der Waals surface area contributed by atoms with Crippen molar-refractivity contribution >= 4 is 17.6 Å². The summed E-state index contributed by atoms with van der Waals surface area (Å²) in [6, 6.07) is 1.56. The van der Waals surface area contributed by atoms with Crippen LogP contribution in [0.4, 0.5) is 0 Å². The normalized spacial score (nSPS) is 10.1. The minimum absolute atomic E-state index is 0.179. The summed E-state index contributed by atoms with van der Waals surface area (Å²) in [6.45, 7) is 0. The van der Waals surface area contributed by atoms with Gasteiger partial charge in [-0.3, -0.25) is 0 Å². The number of carbonyl (C=O) groups excluding carboxylic acids is 1. The van der Waals surface area contributed by atoms with Gasteiger partial charge in [-0.2, -0.15) is 5.26 Å².